The highest BCUT2D eigenvalue weighted by atomic mass is 32.2. The molecule has 1 saturated heterocycles. The highest BCUT2D eigenvalue weighted by molar-refractivity contribution is 7.98. The molecule has 0 unspecified atom stereocenters. The summed E-state index contributed by atoms with van der Waals surface area (Å²) in [6.07, 6.45) is 8.18. The second kappa shape index (κ2) is 6.33. The maximum absolute atomic E-state index is 4.42. The molecule has 94 valence electrons. The fraction of sp³-hybridized carbons (Fsp3) is 0.667. The number of hydrogen-bond acceptors (Lipinski definition) is 5. The van der Waals surface area contributed by atoms with E-state index in [-0.39, 0.29) is 0 Å². The van der Waals surface area contributed by atoms with E-state index in [2.05, 4.69) is 27.2 Å². The minimum absolute atomic E-state index is 0.648. The second-order valence-corrected chi connectivity index (χ2v) is 5.30. The molecule has 1 aromatic rings. The van der Waals surface area contributed by atoms with Crippen molar-refractivity contribution in [2.75, 3.05) is 26.4 Å². The lowest BCUT2D eigenvalue weighted by molar-refractivity contribution is 0.287. The molecule has 2 rings (SSSR count). The van der Waals surface area contributed by atoms with E-state index in [1.165, 1.54) is 19.4 Å². The molecule has 0 bridgehead atoms. The van der Waals surface area contributed by atoms with Crippen LogP contribution in [0.2, 0.25) is 0 Å². The van der Waals surface area contributed by atoms with Gasteiger partial charge < -0.3 is 5.32 Å². The standard InChI is InChI=1S/C12H20N4S/c1-16(8-10-4-3-5-13-10)9-11-12(17-2)15-7-6-14-11/h6-7,10,13H,3-5,8-9H2,1-2H3/t10-/m0/s1. The Morgan fingerprint density at radius 3 is 3.00 bits per heavy atom. The minimum atomic E-state index is 0.648. The molecule has 0 aromatic carbocycles. The summed E-state index contributed by atoms with van der Waals surface area (Å²) in [5, 5.41) is 4.56. The van der Waals surface area contributed by atoms with Crippen molar-refractivity contribution in [3.8, 4) is 0 Å². The number of likely N-dealkylation sites (N-methyl/N-ethyl adjacent to an activating group) is 1. The van der Waals surface area contributed by atoms with Crippen LogP contribution >= 0.6 is 11.8 Å². The van der Waals surface area contributed by atoms with Crippen LogP contribution in [0.15, 0.2) is 17.4 Å². The molecule has 1 atom stereocenters. The van der Waals surface area contributed by atoms with E-state index in [1.807, 2.05) is 6.26 Å². The van der Waals surface area contributed by atoms with Gasteiger partial charge in [0.05, 0.1) is 5.69 Å². The van der Waals surface area contributed by atoms with Crippen LogP contribution in [0.25, 0.3) is 0 Å². The Balaban J connectivity index is 1.90. The highest BCUT2D eigenvalue weighted by Gasteiger charge is 2.16. The lowest BCUT2D eigenvalue weighted by Gasteiger charge is -2.21. The molecule has 4 nitrogen and oxygen atoms in total. The van der Waals surface area contributed by atoms with Gasteiger partial charge in [0.25, 0.3) is 0 Å². The van der Waals surface area contributed by atoms with Crippen molar-refractivity contribution in [3.05, 3.63) is 18.1 Å². The Morgan fingerprint density at radius 2 is 2.29 bits per heavy atom. The van der Waals surface area contributed by atoms with Gasteiger partial charge in [-0.3, -0.25) is 9.88 Å². The second-order valence-electron chi connectivity index (χ2n) is 4.50. The molecule has 0 aliphatic carbocycles. The molecule has 1 fully saturated rings. The Hall–Kier alpha value is -0.650. The zero-order valence-electron chi connectivity index (χ0n) is 10.5. The topological polar surface area (TPSA) is 41.1 Å². The van der Waals surface area contributed by atoms with Gasteiger partial charge in [-0.05, 0) is 32.7 Å². The number of aromatic nitrogens is 2. The summed E-state index contributed by atoms with van der Waals surface area (Å²) in [4.78, 5) is 11.1. The smallest absolute Gasteiger partial charge is 0.119 e. The van der Waals surface area contributed by atoms with E-state index in [0.29, 0.717) is 6.04 Å². The number of rotatable bonds is 5. The van der Waals surface area contributed by atoms with Crippen LogP contribution in [0.4, 0.5) is 0 Å². The summed E-state index contributed by atoms with van der Waals surface area (Å²) in [7, 11) is 2.15. The Kier molecular flexibility index (Phi) is 4.76. The molecule has 1 N–H and O–H groups in total. The molecular formula is C12H20N4S. The van der Waals surface area contributed by atoms with Crippen LogP contribution in [0.5, 0.6) is 0 Å². The van der Waals surface area contributed by atoms with Gasteiger partial charge >= 0.3 is 0 Å². The summed E-state index contributed by atoms with van der Waals surface area (Å²) < 4.78 is 0. The molecule has 17 heavy (non-hydrogen) atoms. The lowest BCUT2D eigenvalue weighted by Crippen LogP contribution is -2.35. The molecule has 5 heteroatoms. The third-order valence-electron chi connectivity index (χ3n) is 3.04. The summed E-state index contributed by atoms with van der Waals surface area (Å²) in [6.45, 7) is 3.13. The van der Waals surface area contributed by atoms with Gasteiger partial charge in [0.2, 0.25) is 0 Å². The van der Waals surface area contributed by atoms with Crippen LogP contribution in [0.1, 0.15) is 18.5 Å². The van der Waals surface area contributed by atoms with Gasteiger partial charge in [0.15, 0.2) is 0 Å². The zero-order valence-corrected chi connectivity index (χ0v) is 11.3. The summed E-state index contributed by atoms with van der Waals surface area (Å²) in [5.74, 6) is 0. The Morgan fingerprint density at radius 1 is 1.47 bits per heavy atom. The van der Waals surface area contributed by atoms with Crippen LogP contribution < -0.4 is 5.32 Å². The van der Waals surface area contributed by atoms with E-state index >= 15 is 0 Å². The first kappa shape index (κ1) is 12.8. The third-order valence-corrected chi connectivity index (χ3v) is 3.77. The van der Waals surface area contributed by atoms with Gasteiger partial charge in [-0.15, -0.1) is 11.8 Å². The van der Waals surface area contributed by atoms with Crippen molar-refractivity contribution in [1.82, 2.24) is 20.2 Å². The monoisotopic (exact) mass is 252 g/mol. The maximum atomic E-state index is 4.42. The first-order valence-corrected chi connectivity index (χ1v) is 7.28. The predicted octanol–water partition coefficient (Wildman–Crippen LogP) is 1.38. The van der Waals surface area contributed by atoms with Crippen LogP contribution in [-0.2, 0) is 6.54 Å². The summed E-state index contributed by atoms with van der Waals surface area (Å²) >= 11 is 1.66. The minimum Gasteiger partial charge on any atom is -0.313 e. The van der Waals surface area contributed by atoms with E-state index in [9.17, 15) is 0 Å². The van der Waals surface area contributed by atoms with Gasteiger partial charge in [-0.25, -0.2) is 4.98 Å². The van der Waals surface area contributed by atoms with Gasteiger partial charge in [-0.1, -0.05) is 0 Å². The molecule has 0 saturated carbocycles. The van der Waals surface area contributed by atoms with Gasteiger partial charge in [0.1, 0.15) is 5.03 Å². The molecular weight excluding hydrogens is 232 g/mol. The highest BCUT2D eigenvalue weighted by Crippen LogP contribution is 2.16. The summed E-state index contributed by atoms with van der Waals surface area (Å²) in [5.41, 5.74) is 1.08. The normalized spacial score (nSPS) is 20.1. The number of nitrogens with zero attached hydrogens (tertiary/aromatic N) is 3. The van der Waals surface area contributed by atoms with Crippen molar-refractivity contribution in [3.63, 3.8) is 0 Å². The fourth-order valence-corrected chi connectivity index (χ4v) is 2.76. The van der Waals surface area contributed by atoms with E-state index in [0.717, 1.165) is 23.8 Å². The third kappa shape index (κ3) is 3.66. The molecule has 1 aliphatic rings. The van der Waals surface area contributed by atoms with Crippen LogP contribution in [-0.4, -0.2) is 47.3 Å². The van der Waals surface area contributed by atoms with Crippen molar-refractivity contribution < 1.29 is 0 Å². The summed E-state index contributed by atoms with van der Waals surface area (Å²) in [6, 6.07) is 0.648. The largest absolute Gasteiger partial charge is 0.313 e. The molecule has 0 amide bonds. The number of hydrogen-bond donors (Lipinski definition) is 1. The first-order chi connectivity index (χ1) is 8.29. The van der Waals surface area contributed by atoms with E-state index in [4.69, 9.17) is 0 Å². The Labute approximate surface area is 107 Å². The van der Waals surface area contributed by atoms with Crippen molar-refractivity contribution in [2.24, 2.45) is 0 Å². The average molecular weight is 252 g/mol. The van der Waals surface area contributed by atoms with Crippen molar-refractivity contribution in [1.29, 1.82) is 0 Å². The average Bonchev–Trinajstić information content (AvgIpc) is 2.82. The quantitative estimate of drug-likeness (QED) is 0.802. The molecule has 1 aliphatic heterocycles. The SMILES string of the molecule is CSc1nccnc1CN(C)C[C@@H]1CCCN1. The van der Waals surface area contributed by atoms with Crippen molar-refractivity contribution >= 4 is 11.8 Å². The van der Waals surface area contributed by atoms with Crippen LogP contribution in [0, 0.1) is 0 Å². The molecule has 1 aromatic heterocycles. The van der Waals surface area contributed by atoms with Gasteiger partial charge in [0, 0.05) is 31.5 Å². The molecule has 2 heterocycles. The molecule has 0 spiro atoms. The first-order valence-electron chi connectivity index (χ1n) is 6.05. The fourth-order valence-electron chi connectivity index (χ4n) is 2.24. The van der Waals surface area contributed by atoms with E-state index < -0.39 is 0 Å². The predicted molar refractivity (Wildman–Crippen MR) is 71.2 cm³/mol. The van der Waals surface area contributed by atoms with Crippen LogP contribution in [0.3, 0.4) is 0 Å². The number of thioether (sulfide) groups is 1. The van der Waals surface area contributed by atoms with E-state index in [1.54, 1.807) is 24.2 Å². The Bertz CT molecular complexity index is 352. The number of nitrogens with one attached hydrogen (secondary N) is 1. The maximum Gasteiger partial charge on any atom is 0.119 e. The van der Waals surface area contributed by atoms with Gasteiger partial charge in [-0.2, -0.15) is 0 Å². The lowest BCUT2D eigenvalue weighted by atomic mass is 10.2. The van der Waals surface area contributed by atoms with Crippen molar-refractivity contribution in [2.45, 2.75) is 30.5 Å². The zero-order chi connectivity index (χ0) is 12.1. The molecule has 0 radical (unpaired) electrons.